The maximum Gasteiger partial charge on any atom is 0.335 e. The van der Waals surface area contributed by atoms with Gasteiger partial charge in [0.15, 0.2) is 0 Å². The Labute approximate surface area is 140 Å². The molecule has 1 heterocycles. The minimum absolute atomic E-state index is 0.0186. The number of rotatable bonds is 3. The van der Waals surface area contributed by atoms with E-state index in [2.05, 4.69) is 12.2 Å². The predicted octanol–water partition coefficient (Wildman–Crippen LogP) is 3.11. The Morgan fingerprint density at radius 1 is 1.19 bits per heavy atom. The summed E-state index contributed by atoms with van der Waals surface area (Å²) >= 11 is -0.640. The second-order valence-corrected chi connectivity index (χ2v) is 13.0. The Hall–Kier alpha value is -0.655. The average Bonchev–Trinajstić information content (AvgIpc) is 3.07. The van der Waals surface area contributed by atoms with Crippen molar-refractivity contribution in [1.82, 2.24) is 5.32 Å². The molecule has 0 atom stereocenters. The largest absolute Gasteiger partial charge is 0.478 e. The molecule has 1 aromatic carbocycles. The summed E-state index contributed by atoms with van der Waals surface area (Å²) < 4.78 is 1.31. The van der Waals surface area contributed by atoms with Gasteiger partial charge in [-0.2, -0.15) is 0 Å². The first-order valence-corrected chi connectivity index (χ1v) is 17.5. The maximum absolute atomic E-state index is 10.4. The molecular formula is C14H20ClHgNO4. The topological polar surface area (TPSA) is 86.6 Å². The molecule has 0 spiro atoms. The van der Waals surface area contributed by atoms with E-state index in [1.807, 2.05) is 0 Å². The van der Waals surface area contributed by atoms with E-state index in [1.165, 1.54) is 48.1 Å². The van der Waals surface area contributed by atoms with Crippen LogP contribution in [0.5, 0.6) is 0 Å². The Kier molecular flexibility index (Phi) is 12.6. The number of halogens is 1. The maximum atomic E-state index is 10.4. The summed E-state index contributed by atoms with van der Waals surface area (Å²) in [5.74, 6) is -2.25. The number of hydrogen-bond donors (Lipinski definition) is 3. The summed E-state index contributed by atoms with van der Waals surface area (Å²) in [5.41, 5.74) is -0.0372. The molecule has 1 aliphatic heterocycles. The number of carboxylic acid groups (broad SMARTS) is 2. The molecule has 5 nitrogen and oxygen atoms in total. The smallest absolute Gasteiger partial charge is 0.335 e. The third-order valence-electron chi connectivity index (χ3n) is 2.50. The van der Waals surface area contributed by atoms with E-state index < -0.39 is 35.3 Å². The van der Waals surface area contributed by atoms with E-state index in [1.54, 1.807) is 0 Å². The number of carbonyl (C=O) groups is 2. The van der Waals surface area contributed by atoms with Gasteiger partial charge in [-0.25, -0.2) is 9.59 Å². The first kappa shape index (κ1) is 20.3. The minimum atomic E-state index is -1.13. The van der Waals surface area contributed by atoms with Crippen molar-refractivity contribution in [2.75, 3.05) is 13.1 Å². The zero-order valence-corrected chi connectivity index (χ0v) is 18.4. The summed E-state index contributed by atoms with van der Waals surface area (Å²) in [4.78, 5) is 20.8. The summed E-state index contributed by atoms with van der Waals surface area (Å²) in [6.45, 7) is 4.65. The van der Waals surface area contributed by atoms with Gasteiger partial charge in [0, 0.05) is 0 Å². The van der Waals surface area contributed by atoms with Crippen LogP contribution in [0, 0.1) is 0 Å². The number of benzene rings is 1. The van der Waals surface area contributed by atoms with Crippen LogP contribution in [0.25, 0.3) is 0 Å². The van der Waals surface area contributed by atoms with Crippen LogP contribution in [0.2, 0.25) is 3.93 Å². The minimum Gasteiger partial charge on any atom is -0.478 e. The summed E-state index contributed by atoms with van der Waals surface area (Å²) in [5, 5.41) is 20.2. The number of nitrogens with one attached hydrogen (secondary N) is 1. The first-order chi connectivity index (χ1) is 10.0. The molecule has 1 aromatic rings. The first-order valence-electron chi connectivity index (χ1n) is 6.86. The molecule has 0 aromatic heterocycles. The van der Waals surface area contributed by atoms with Gasteiger partial charge in [0.25, 0.3) is 0 Å². The van der Waals surface area contributed by atoms with Crippen molar-refractivity contribution in [3.63, 3.8) is 0 Å². The quantitative estimate of drug-likeness (QED) is 0.554. The SMILES string of the molecule is C1CCNC1.C[CH2][Hg][Cl].O=C(O)c1cccc(C(=O)O)c1. The second-order valence-electron chi connectivity index (χ2n) is 4.34. The molecular weight excluding hydrogens is 482 g/mol. The van der Waals surface area contributed by atoms with Crippen LogP contribution < -0.4 is 5.32 Å². The van der Waals surface area contributed by atoms with Crippen LogP contribution in [0.3, 0.4) is 0 Å². The van der Waals surface area contributed by atoms with Crippen molar-refractivity contribution in [2.45, 2.75) is 23.7 Å². The molecule has 0 aliphatic carbocycles. The van der Waals surface area contributed by atoms with E-state index in [-0.39, 0.29) is 11.1 Å². The van der Waals surface area contributed by atoms with Crippen molar-refractivity contribution in [2.24, 2.45) is 0 Å². The molecule has 1 aliphatic rings. The Morgan fingerprint density at radius 3 is 1.86 bits per heavy atom. The predicted molar refractivity (Wildman–Crippen MR) is 78.8 cm³/mol. The summed E-state index contributed by atoms with van der Waals surface area (Å²) in [7, 11) is 5.41. The van der Waals surface area contributed by atoms with Crippen molar-refractivity contribution < 1.29 is 43.1 Å². The molecule has 7 heteroatoms. The van der Waals surface area contributed by atoms with E-state index >= 15 is 0 Å². The van der Waals surface area contributed by atoms with Crippen LogP contribution in [-0.4, -0.2) is 35.2 Å². The van der Waals surface area contributed by atoms with E-state index in [0.29, 0.717) is 0 Å². The molecule has 114 valence electrons. The molecule has 0 amide bonds. The van der Waals surface area contributed by atoms with Gasteiger partial charge in [0.1, 0.15) is 0 Å². The zero-order valence-electron chi connectivity index (χ0n) is 12.1. The number of aromatic carboxylic acids is 2. The van der Waals surface area contributed by atoms with Gasteiger partial charge in [-0.05, 0) is 44.1 Å². The van der Waals surface area contributed by atoms with Crippen LogP contribution in [0.1, 0.15) is 40.5 Å². The Balaban J connectivity index is 0.000000364. The van der Waals surface area contributed by atoms with Crippen molar-refractivity contribution in [3.05, 3.63) is 35.4 Å². The standard InChI is InChI=1S/C8H6O4.C4H9N.C2H5.ClH.Hg/c9-7(10)5-2-1-3-6(4-5)8(11)12;1-2-4-5-3-1;1-2;;/h1-4H,(H,9,10)(H,11,12);5H,1-4H2;1H2,2H3;1H;/q;;;;+1/p-1. The van der Waals surface area contributed by atoms with Gasteiger partial charge in [0.05, 0.1) is 11.1 Å². The van der Waals surface area contributed by atoms with Crippen LogP contribution in [0.4, 0.5) is 0 Å². The summed E-state index contributed by atoms with van der Waals surface area (Å²) in [6, 6.07) is 5.20. The zero-order chi connectivity index (χ0) is 16.1. The molecule has 1 fully saturated rings. The molecule has 2 rings (SSSR count). The van der Waals surface area contributed by atoms with Gasteiger partial charge >= 0.3 is 54.4 Å². The van der Waals surface area contributed by atoms with Crippen molar-refractivity contribution in [1.29, 1.82) is 0 Å². The van der Waals surface area contributed by atoms with Gasteiger partial charge in [-0.3, -0.25) is 0 Å². The third-order valence-corrected chi connectivity index (χ3v) is 7.29. The second kappa shape index (κ2) is 13.0. The van der Waals surface area contributed by atoms with Crippen molar-refractivity contribution in [3.8, 4) is 0 Å². The molecule has 1 saturated heterocycles. The molecule has 3 N–H and O–H groups in total. The van der Waals surface area contributed by atoms with Gasteiger partial charge < -0.3 is 15.5 Å². The Morgan fingerprint density at radius 2 is 1.62 bits per heavy atom. The summed E-state index contributed by atoms with van der Waals surface area (Å²) in [6.07, 6.45) is 2.78. The van der Waals surface area contributed by atoms with Crippen molar-refractivity contribution >= 4 is 20.2 Å². The fourth-order valence-electron chi connectivity index (χ4n) is 1.41. The Bertz CT molecular complexity index is 400. The van der Waals surface area contributed by atoms with Gasteiger partial charge in [-0.1, -0.05) is 6.07 Å². The molecule has 0 bridgehead atoms. The van der Waals surface area contributed by atoms with E-state index in [9.17, 15) is 9.59 Å². The van der Waals surface area contributed by atoms with E-state index in [0.717, 1.165) is 6.07 Å². The van der Waals surface area contributed by atoms with Crippen LogP contribution in [0.15, 0.2) is 24.3 Å². The number of hydrogen-bond acceptors (Lipinski definition) is 3. The molecule has 21 heavy (non-hydrogen) atoms. The monoisotopic (exact) mass is 503 g/mol. The molecule has 0 unspecified atom stereocenters. The van der Waals surface area contributed by atoms with Gasteiger partial charge in [0.2, 0.25) is 0 Å². The van der Waals surface area contributed by atoms with Gasteiger partial charge in [-0.15, -0.1) is 0 Å². The van der Waals surface area contributed by atoms with Crippen LogP contribution in [-0.2, 0) is 23.3 Å². The normalized spacial score (nSPS) is 12.1. The fourth-order valence-corrected chi connectivity index (χ4v) is 1.41. The average molecular weight is 502 g/mol. The molecule has 0 saturated carbocycles. The fraction of sp³-hybridized carbons (Fsp3) is 0.429. The third kappa shape index (κ3) is 10.7. The van der Waals surface area contributed by atoms with Crippen LogP contribution >= 0.6 is 8.25 Å². The van der Waals surface area contributed by atoms with E-state index in [4.69, 9.17) is 18.5 Å². The number of carboxylic acids is 2. The molecule has 0 radical (unpaired) electrons.